The maximum atomic E-state index is 12.2. The van der Waals surface area contributed by atoms with E-state index in [0.29, 0.717) is 22.7 Å². The number of thiazole rings is 2. The van der Waals surface area contributed by atoms with Crippen LogP contribution in [0.3, 0.4) is 0 Å². The van der Waals surface area contributed by atoms with Crippen LogP contribution in [0.1, 0.15) is 57.9 Å². The van der Waals surface area contributed by atoms with Gasteiger partial charge in [0.1, 0.15) is 5.69 Å². The van der Waals surface area contributed by atoms with Crippen molar-refractivity contribution in [2.24, 2.45) is 0 Å². The second kappa shape index (κ2) is 6.06. The van der Waals surface area contributed by atoms with Crippen molar-refractivity contribution in [2.45, 2.75) is 37.5 Å². The summed E-state index contributed by atoms with van der Waals surface area (Å²) in [4.78, 5) is 22.3. The van der Waals surface area contributed by atoms with Crippen LogP contribution in [0.2, 0.25) is 0 Å². The summed E-state index contributed by atoms with van der Waals surface area (Å²) in [6.45, 7) is 2.13. The van der Waals surface area contributed by atoms with Crippen LogP contribution < -0.4 is 10.6 Å². The van der Waals surface area contributed by atoms with Crippen molar-refractivity contribution in [1.82, 2.24) is 15.3 Å². The lowest BCUT2D eigenvalue weighted by Crippen LogP contribution is -2.26. The third-order valence-corrected chi connectivity index (χ3v) is 6.25. The Labute approximate surface area is 137 Å². The Bertz CT molecular complexity index is 671. The molecule has 2 aliphatic rings. The molecule has 116 valence electrons. The fourth-order valence-electron chi connectivity index (χ4n) is 2.71. The van der Waals surface area contributed by atoms with E-state index in [9.17, 15) is 4.79 Å². The summed E-state index contributed by atoms with van der Waals surface area (Å²) in [5.74, 6) is 1.03. The van der Waals surface area contributed by atoms with Crippen LogP contribution >= 0.6 is 22.7 Å². The molecule has 2 aromatic rings. The summed E-state index contributed by atoms with van der Waals surface area (Å²) >= 11 is 3.18. The van der Waals surface area contributed by atoms with Crippen LogP contribution in [-0.4, -0.2) is 29.0 Å². The zero-order valence-corrected chi connectivity index (χ0v) is 13.8. The standard InChI is InChI=1S/C15H18N4OS2/c20-13(11-8-21-14(18-11)10-1-2-10)19-15-17-7-12(22-15)9-3-5-16-6-4-9/h7-10,16H,1-6H2,(H,17,19,20). The number of anilines is 1. The first-order valence-corrected chi connectivity index (χ1v) is 9.42. The minimum absolute atomic E-state index is 0.144. The second-order valence-corrected chi connectivity index (χ2v) is 7.84. The largest absolute Gasteiger partial charge is 0.317 e. The molecular formula is C15H18N4OS2. The molecule has 4 rings (SSSR count). The van der Waals surface area contributed by atoms with Crippen molar-refractivity contribution < 1.29 is 4.79 Å². The van der Waals surface area contributed by atoms with Gasteiger partial charge in [0.2, 0.25) is 0 Å². The van der Waals surface area contributed by atoms with E-state index in [-0.39, 0.29) is 5.91 Å². The molecular weight excluding hydrogens is 316 g/mol. The molecule has 0 bridgehead atoms. The molecule has 1 saturated heterocycles. The third kappa shape index (κ3) is 3.06. The van der Waals surface area contributed by atoms with E-state index in [2.05, 4.69) is 20.6 Å². The molecule has 1 amide bonds. The van der Waals surface area contributed by atoms with E-state index in [1.807, 2.05) is 11.6 Å². The van der Waals surface area contributed by atoms with E-state index in [4.69, 9.17) is 0 Å². The average molecular weight is 334 g/mol. The summed E-state index contributed by atoms with van der Waals surface area (Å²) in [6.07, 6.45) is 6.62. The third-order valence-electron chi connectivity index (χ3n) is 4.17. The highest BCUT2D eigenvalue weighted by Gasteiger charge is 2.27. The van der Waals surface area contributed by atoms with Crippen LogP contribution in [0.15, 0.2) is 11.6 Å². The van der Waals surface area contributed by atoms with Gasteiger partial charge in [0.05, 0.1) is 5.01 Å². The lowest BCUT2D eigenvalue weighted by atomic mass is 9.97. The van der Waals surface area contributed by atoms with Gasteiger partial charge in [-0.1, -0.05) is 0 Å². The molecule has 5 nitrogen and oxygen atoms in total. The highest BCUT2D eigenvalue weighted by molar-refractivity contribution is 7.15. The summed E-state index contributed by atoms with van der Waals surface area (Å²) in [6, 6.07) is 0. The van der Waals surface area contributed by atoms with Gasteiger partial charge in [0, 0.05) is 22.4 Å². The lowest BCUT2D eigenvalue weighted by Gasteiger charge is -2.20. The fourth-order valence-corrected chi connectivity index (χ4v) is 4.66. The van der Waals surface area contributed by atoms with Gasteiger partial charge in [-0.05, 0) is 44.7 Å². The molecule has 2 aromatic heterocycles. The Morgan fingerprint density at radius 3 is 2.82 bits per heavy atom. The van der Waals surface area contributed by atoms with Crippen LogP contribution in [0.4, 0.5) is 5.13 Å². The van der Waals surface area contributed by atoms with Crippen LogP contribution in [0.5, 0.6) is 0 Å². The Morgan fingerprint density at radius 2 is 2.05 bits per heavy atom. The van der Waals surface area contributed by atoms with Gasteiger partial charge in [0.15, 0.2) is 5.13 Å². The van der Waals surface area contributed by atoms with Gasteiger partial charge < -0.3 is 5.32 Å². The first-order chi connectivity index (χ1) is 10.8. The molecule has 0 spiro atoms. The number of aromatic nitrogens is 2. The maximum absolute atomic E-state index is 12.2. The minimum Gasteiger partial charge on any atom is -0.317 e. The zero-order chi connectivity index (χ0) is 14.9. The molecule has 1 aliphatic heterocycles. The summed E-state index contributed by atoms with van der Waals surface area (Å²) in [7, 11) is 0. The van der Waals surface area contributed by atoms with Crippen LogP contribution in [-0.2, 0) is 0 Å². The predicted molar refractivity (Wildman–Crippen MR) is 89.0 cm³/mol. The predicted octanol–water partition coefficient (Wildman–Crippen LogP) is 3.20. The van der Waals surface area contributed by atoms with Crippen molar-refractivity contribution in [1.29, 1.82) is 0 Å². The molecule has 2 fully saturated rings. The average Bonchev–Trinajstić information content (AvgIpc) is 3.10. The molecule has 1 aliphatic carbocycles. The van der Waals surface area contributed by atoms with Gasteiger partial charge >= 0.3 is 0 Å². The van der Waals surface area contributed by atoms with E-state index in [1.54, 1.807) is 22.7 Å². The van der Waals surface area contributed by atoms with Gasteiger partial charge in [-0.2, -0.15) is 0 Å². The van der Waals surface area contributed by atoms with Gasteiger partial charge in [0.25, 0.3) is 5.91 Å². The van der Waals surface area contributed by atoms with E-state index < -0.39 is 0 Å². The molecule has 0 aromatic carbocycles. The van der Waals surface area contributed by atoms with E-state index >= 15 is 0 Å². The molecule has 3 heterocycles. The van der Waals surface area contributed by atoms with Crippen molar-refractivity contribution in [3.63, 3.8) is 0 Å². The molecule has 7 heteroatoms. The van der Waals surface area contributed by atoms with Crippen molar-refractivity contribution in [2.75, 3.05) is 18.4 Å². The number of amides is 1. The molecule has 0 unspecified atom stereocenters. The van der Waals surface area contributed by atoms with Crippen LogP contribution in [0, 0.1) is 0 Å². The monoisotopic (exact) mass is 334 g/mol. The Morgan fingerprint density at radius 1 is 1.23 bits per heavy atom. The fraction of sp³-hybridized carbons (Fsp3) is 0.533. The number of nitrogens with zero attached hydrogens (tertiary/aromatic N) is 2. The minimum atomic E-state index is -0.144. The van der Waals surface area contributed by atoms with Crippen LogP contribution in [0.25, 0.3) is 0 Å². The van der Waals surface area contributed by atoms with Gasteiger partial charge in [-0.15, -0.1) is 22.7 Å². The SMILES string of the molecule is O=C(Nc1ncc(C2CCNCC2)s1)c1csc(C2CC2)n1. The van der Waals surface area contributed by atoms with E-state index in [0.717, 1.165) is 30.9 Å². The topological polar surface area (TPSA) is 66.9 Å². The maximum Gasteiger partial charge on any atom is 0.276 e. The summed E-state index contributed by atoms with van der Waals surface area (Å²) in [5, 5.41) is 9.88. The van der Waals surface area contributed by atoms with Gasteiger partial charge in [-0.3, -0.25) is 10.1 Å². The summed E-state index contributed by atoms with van der Waals surface area (Å²) in [5.41, 5.74) is 0.519. The Kier molecular flexibility index (Phi) is 3.94. The first-order valence-electron chi connectivity index (χ1n) is 7.73. The Balaban J connectivity index is 1.41. The number of rotatable bonds is 4. The quantitative estimate of drug-likeness (QED) is 0.901. The first kappa shape index (κ1) is 14.3. The van der Waals surface area contributed by atoms with Gasteiger partial charge in [-0.25, -0.2) is 9.97 Å². The molecule has 0 radical (unpaired) electrons. The highest BCUT2D eigenvalue weighted by Crippen LogP contribution is 2.41. The zero-order valence-electron chi connectivity index (χ0n) is 12.2. The normalized spacial score (nSPS) is 19.3. The summed E-state index contributed by atoms with van der Waals surface area (Å²) < 4.78 is 0. The number of nitrogens with one attached hydrogen (secondary N) is 2. The molecule has 1 saturated carbocycles. The number of piperidine rings is 1. The number of hydrogen-bond acceptors (Lipinski definition) is 6. The molecule has 2 N–H and O–H groups in total. The smallest absolute Gasteiger partial charge is 0.276 e. The highest BCUT2D eigenvalue weighted by atomic mass is 32.1. The van der Waals surface area contributed by atoms with Crippen molar-refractivity contribution in [3.8, 4) is 0 Å². The van der Waals surface area contributed by atoms with Crippen molar-refractivity contribution >= 4 is 33.7 Å². The molecule has 0 atom stereocenters. The number of carbonyl (C=O) groups excluding carboxylic acids is 1. The second-order valence-electron chi connectivity index (χ2n) is 5.89. The Hall–Kier alpha value is -1.31. The molecule has 22 heavy (non-hydrogen) atoms. The number of hydrogen-bond donors (Lipinski definition) is 2. The lowest BCUT2D eigenvalue weighted by molar-refractivity contribution is 0.102. The number of carbonyl (C=O) groups is 1. The van der Waals surface area contributed by atoms with E-state index in [1.165, 1.54) is 17.7 Å². The van der Waals surface area contributed by atoms with Crippen molar-refractivity contribution in [3.05, 3.63) is 27.2 Å².